The summed E-state index contributed by atoms with van der Waals surface area (Å²) < 4.78 is 37.3. The van der Waals surface area contributed by atoms with Crippen LogP contribution in [0.25, 0.3) is 0 Å². The first-order valence-corrected chi connectivity index (χ1v) is 6.47. The average Bonchev–Trinajstić information content (AvgIpc) is 2.74. The topological polar surface area (TPSA) is 59.0 Å². The molecule has 1 aromatic rings. The summed E-state index contributed by atoms with van der Waals surface area (Å²) in [6.45, 7) is 1.61. The molecule has 0 unspecified atom stereocenters. The number of hydrogen-bond donors (Lipinski definition) is 2. The van der Waals surface area contributed by atoms with Crippen LogP contribution in [0.3, 0.4) is 0 Å². The van der Waals surface area contributed by atoms with Crippen molar-refractivity contribution in [2.24, 2.45) is 5.92 Å². The molecule has 5 nitrogen and oxygen atoms in total. The number of anilines is 1. The van der Waals surface area contributed by atoms with Crippen LogP contribution in [0.4, 0.5) is 18.9 Å². The summed E-state index contributed by atoms with van der Waals surface area (Å²) in [6.07, 6.45) is -0.447. The zero-order valence-electron chi connectivity index (χ0n) is 11.1. The molecule has 0 spiro atoms. The molecule has 2 heterocycles. The van der Waals surface area contributed by atoms with Crippen molar-refractivity contribution in [3.63, 3.8) is 0 Å². The van der Waals surface area contributed by atoms with Gasteiger partial charge in [0.25, 0.3) is 0 Å². The molecule has 2 atom stereocenters. The van der Waals surface area contributed by atoms with Crippen LogP contribution >= 0.6 is 0 Å². The maximum Gasteiger partial charge on any atom is 0.408 e. The number of aromatic nitrogens is 2. The van der Waals surface area contributed by atoms with Crippen molar-refractivity contribution in [3.05, 3.63) is 12.4 Å². The van der Waals surface area contributed by atoms with Crippen molar-refractivity contribution in [2.45, 2.75) is 38.5 Å². The zero-order chi connectivity index (χ0) is 14.8. The molecule has 0 radical (unpaired) electrons. The van der Waals surface area contributed by atoms with Gasteiger partial charge in [0.1, 0.15) is 6.54 Å². The lowest BCUT2D eigenvalue weighted by Crippen LogP contribution is -2.40. The van der Waals surface area contributed by atoms with Gasteiger partial charge in [-0.2, -0.15) is 18.3 Å². The monoisotopic (exact) mass is 290 g/mol. The second-order valence-corrected chi connectivity index (χ2v) is 5.11. The molecular formula is C12H17F3N4O. The minimum Gasteiger partial charge on any atom is -0.323 e. The first-order chi connectivity index (χ1) is 9.33. The number of amides is 1. The molecule has 20 heavy (non-hydrogen) atoms. The van der Waals surface area contributed by atoms with Crippen LogP contribution in [0.15, 0.2) is 12.4 Å². The van der Waals surface area contributed by atoms with E-state index < -0.39 is 12.7 Å². The van der Waals surface area contributed by atoms with Crippen LogP contribution < -0.4 is 10.6 Å². The quantitative estimate of drug-likeness (QED) is 0.892. The first-order valence-electron chi connectivity index (χ1n) is 6.47. The number of halogens is 3. The Morgan fingerprint density at radius 3 is 3.00 bits per heavy atom. The Balaban J connectivity index is 1.91. The predicted octanol–water partition coefficient (Wildman–Crippen LogP) is 1.77. The summed E-state index contributed by atoms with van der Waals surface area (Å²) in [6, 6.07) is 0.271. The SMILES string of the molecule is C[C@H]1C[C@@H](C(=O)Nc2cnn(CC(F)(F)F)c2)CCN1. The predicted molar refractivity (Wildman–Crippen MR) is 67.1 cm³/mol. The van der Waals surface area contributed by atoms with Gasteiger partial charge in [0.05, 0.1) is 11.9 Å². The molecule has 1 aliphatic rings. The third-order valence-electron chi connectivity index (χ3n) is 3.24. The van der Waals surface area contributed by atoms with Crippen molar-refractivity contribution in [1.82, 2.24) is 15.1 Å². The second-order valence-electron chi connectivity index (χ2n) is 5.11. The van der Waals surface area contributed by atoms with E-state index in [0.717, 1.165) is 24.1 Å². The average molecular weight is 290 g/mol. The highest BCUT2D eigenvalue weighted by Gasteiger charge is 2.29. The Morgan fingerprint density at radius 2 is 2.35 bits per heavy atom. The van der Waals surface area contributed by atoms with Gasteiger partial charge in [-0.05, 0) is 26.3 Å². The van der Waals surface area contributed by atoms with E-state index in [9.17, 15) is 18.0 Å². The highest BCUT2D eigenvalue weighted by atomic mass is 19.4. The van der Waals surface area contributed by atoms with Gasteiger partial charge in [-0.1, -0.05) is 0 Å². The molecule has 1 amide bonds. The fourth-order valence-corrected chi connectivity index (χ4v) is 2.31. The van der Waals surface area contributed by atoms with E-state index in [1.807, 2.05) is 6.92 Å². The van der Waals surface area contributed by atoms with Crippen LogP contribution in [0.2, 0.25) is 0 Å². The minimum atomic E-state index is -4.32. The minimum absolute atomic E-state index is 0.114. The van der Waals surface area contributed by atoms with E-state index in [0.29, 0.717) is 5.69 Å². The highest BCUT2D eigenvalue weighted by Crippen LogP contribution is 2.20. The summed E-state index contributed by atoms with van der Waals surface area (Å²) in [7, 11) is 0. The van der Waals surface area contributed by atoms with E-state index in [2.05, 4.69) is 15.7 Å². The Kier molecular flexibility index (Phi) is 4.32. The van der Waals surface area contributed by atoms with E-state index in [-0.39, 0.29) is 17.9 Å². The highest BCUT2D eigenvalue weighted by molar-refractivity contribution is 5.92. The van der Waals surface area contributed by atoms with Crippen molar-refractivity contribution in [3.8, 4) is 0 Å². The summed E-state index contributed by atoms with van der Waals surface area (Å²) in [4.78, 5) is 12.0. The van der Waals surface area contributed by atoms with Crippen LogP contribution in [0.1, 0.15) is 19.8 Å². The van der Waals surface area contributed by atoms with Gasteiger partial charge >= 0.3 is 6.18 Å². The Bertz CT molecular complexity index is 472. The van der Waals surface area contributed by atoms with Crippen molar-refractivity contribution < 1.29 is 18.0 Å². The maximum absolute atomic E-state index is 12.2. The second kappa shape index (κ2) is 5.82. The molecule has 2 N–H and O–H groups in total. The Labute approximate surface area is 114 Å². The molecule has 2 rings (SSSR count). The van der Waals surface area contributed by atoms with Gasteiger partial charge in [-0.25, -0.2) is 0 Å². The summed E-state index contributed by atoms with van der Waals surface area (Å²) in [5.41, 5.74) is 0.297. The van der Waals surface area contributed by atoms with Crippen molar-refractivity contribution in [1.29, 1.82) is 0 Å². The fraction of sp³-hybridized carbons (Fsp3) is 0.667. The summed E-state index contributed by atoms with van der Waals surface area (Å²) >= 11 is 0. The van der Waals surface area contributed by atoms with Crippen molar-refractivity contribution >= 4 is 11.6 Å². The number of rotatable bonds is 3. The molecule has 1 fully saturated rings. The zero-order valence-corrected chi connectivity index (χ0v) is 11.1. The molecule has 0 bridgehead atoms. The molecular weight excluding hydrogens is 273 g/mol. The number of alkyl halides is 3. The van der Waals surface area contributed by atoms with Gasteiger partial charge in [0.2, 0.25) is 5.91 Å². The van der Waals surface area contributed by atoms with Crippen LogP contribution in [-0.4, -0.2) is 34.5 Å². The van der Waals surface area contributed by atoms with Crippen LogP contribution in [0, 0.1) is 5.92 Å². The molecule has 8 heteroatoms. The van der Waals surface area contributed by atoms with Gasteiger partial charge in [-0.15, -0.1) is 0 Å². The normalized spacial score (nSPS) is 23.6. The van der Waals surface area contributed by atoms with E-state index >= 15 is 0 Å². The summed E-state index contributed by atoms with van der Waals surface area (Å²) in [5, 5.41) is 9.44. The molecule has 1 aliphatic heterocycles. The molecule has 0 aromatic carbocycles. The number of piperidine rings is 1. The molecule has 1 saturated heterocycles. The lowest BCUT2D eigenvalue weighted by atomic mass is 9.92. The van der Waals surface area contributed by atoms with Crippen LogP contribution in [0.5, 0.6) is 0 Å². The van der Waals surface area contributed by atoms with E-state index in [1.165, 1.54) is 12.4 Å². The lowest BCUT2D eigenvalue weighted by Gasteiger charge is -2.26. The number of nitrogens with one attached hydrogen (secondary N) is 2. The van der Waals surface area contributed by atoms with Crippen molar-refractivity contribution in [2.75, 3.05) is 11.9 Å². The maximum atomic E-state index is 12.2. The van der Waals surface area contributed by atoms with E-state index in [4.69, 9.17) is 0 Å². The third kappa shape index (κ3) is 4.22. The largest absolute Gasteiger partial charge is 0.408 e. The molecule has 0 saturated carbocycles. The van der Waals surface area contributed by atoms with Crippen LogP contribution in [-0.2, 0) is 11.3 Å². The van der Waals surface area contributed by atoms with Gasteiger partial charge < -0.3 is 10.6 Å². The smallest absolute Gasteiger partial charge is 0.323 e. The first kappa shape index (κ1) is 14.8. The molecule has 112 valence electrons. The Hall–Kier alpha value is -1.57. The lowest BCUT2D eigenvalue weighted by molar-refractivity contribution is -0.142. The number of carbonyl (C=O) groups is 1. The summed E-state index contributed by atoms with van der Waals surface area (Å²) in [5.74, 6) is -0.276. The molecule has 0 aliphatic carbocycles. The van der Waals surface area contributed by atoms with Gasteiger partial charge in [0.15, 0.2) is 0 Å². The van der Waals surface area contributed by atoms with Gasteiger partial charge in [0, 0.05) is 18.2 Å². The third-order valence-corrected chi connectivity index (χ3v) is 3.24. The van der Waals surface area contributed by atoms with Gasteiger partial charge in [-0.3, -0.25) is 9.48 Å². The standard InChI is InChI=1S/C12H17F3N4O/c1-8-4-9(2-3-16-8)11(20)18-10-5-17-19(6-10)7-12(13,14)15/h5-6,8-9,16H,2-4,7H2,1H3,(H,18,20)/t8-,9-/m0/s1. The number of nitrogens with zero attached hydrogens (tertiary/aromatic N) is 2. The number of hydrogen-bond acceptors (Lipinski definition) is 3. The Morgan fingerprint density at radius 1 is 1.60 bits per heavy atom. The van der Waals surface area contributed by atoms with E-state index in [1.54, 1.807) is 0 Å². The molecule has 1 aromatic heterocycles. The number of carbonyl (C=O) groups excluding carboxylic acids is 1. The fourth-order valence-electron chi connectivity index (χ4n) is 2.31.